The van der Waals surface area contributed by atoms with Crippen molar-refractivity contribution in [3.8, 4) is 0 Å². The fraction of sp³-hybridized carbons (Fsp3) is 0.615. The number of hydrogen-bond donors (Lipinski definition) is 1. The van der Waals surface area contributed by atoms with Crippen LogP contribution in [0.1, 0.15) is 25.5 Å². The van der Waals surface area contributed by atoms with Gasteiger partial charge < -0.3 is 5.73 Å². The van der Waals surface area contributed by atoms with Gasteiger partial charge in [0.25, 0.3) is 0 Å². The first-order chi connectivity index (χ1) is 8.24. The summed E-state index contributed by atoms with van der Waals surface area (Å²) in [5.74, 6) is 1.20. The lowest BCUT2D eigenvalue weighted by Gasteiger charge is -2.42. The van der Waals surface area contributed by atoms with Gasteiger partial charge in [0, 0.05) is 48.6 Å². The van der Waals surface area contributed by atoms with E-state index < -0.39 is 0 Å². The van der Waals surface area contributed by atoms with Gasteiger partial charge in [-0.3, -0.25) is 9.88 Å². The first kappa shape index (κ1) is 12.9. The van der Waals surface area contributed by atoms with Crippen molar-refractivity contribution in [2.75, 3.05) is 18.8 Å². The van der Waals surface area contributed by atoms with Crippen LogP contribution in [-0.4, -0.2) is 40.0 Å². The van der Waals surface area contributed by atoms with E-state index in [1.165, 1.54) is 11.3 Å². The molecule has 1 fully saturated rings. The molecule has 0 spiro atoms. The van der Waals surface area contributed by atoms with Crippen LogP contribution < -0.4 is 5.73 Å². The van der Waals surface area contributed by atoms with Gasteiger partial charge in [-0.05, 0) is 24.6 Å². The van der Waals surface area contributed by atoms with E-state index in [9.17, 15) is 0 Å². The monoisotopic (exact) mass is 251 g/mol. The molecule has 0 radical (unpaired) electrons. The maximum absolute atomic E-state index is 5.97. The van der Waals surface area contributed by atoms with Crippen molar-refractivity contribution in [2.24, 2.45) is 5.73 Å². The van der Waals surface area contributed by atoms with Crippen molar-refractivity contribution in [2.45, 2.75) is 31.2 Å². The number of hydrogen-bond acceptors (Lipinski definition) is 4. The highest BCUT2D eigenvalue weighted by Gasteiger charge is 2.30. The van der Waals surface area contributed by atoms with Gasteiger partial charge in [0.15, 0.2) is 0 Å². The predicted molar refractivity (Wildman–Crippen MR) is 74.1 cm³/mol. The molecule has 94 valence electrons. The lowest BCUT2D eigenvalue weighted by molar-refractivity contribution is 0.150. The van der Waals surface area contributed by atoms with Crippen molar-refractivity contribution >= 4 is 11.8 Å². The highest BCUT2D eigenvalue weighted by atomic mass is 32.2. The van der Waals surface area contributed by atoms with Crippen LogP contribution in [0.3, 0.4) is 0 Å². The number of aromatic nitrogens is 1. The minimum Gasteiger partial charge on any atom is -0.329 e. The van der Waals surface area contributed by atoms with Crippen molar-refractivity contribution in [3.05, 3.63) is 30.1 Å². The summed E-state index contributed by atoms with van der Waals surface area (Å²) < 4.78 is 0. The Morgan fingerprint density at radius 3 is 2.82 bits per heavy atom. The zero-order valence-corrected chi connectivity index (χ0v) is 11.4. The molecule has 1 aliphatic rings. The molecular formula is C13H21N3S. The fourth-order valence-corrected chi connectivity index (χ4v) is 3.57. The van der Waals surface area contributed by atoms with Gasteiger partial charge in [-0.15, -0.1) is 0 Å². The van der Waals surface area contributed by atoms with E-state index in [2.05, 4.69) is 47.6 Å². The Kier molecular flexibility index (Phi) is 4.42. The normalized spacial score (nSPS) is 27.9. The molecule has 1 aromatic rings. The number of nitrogens with two attached hydrogens (primary N) is 1. The standard InChI is InChI=1S/C13H21N3S/c1-10-11(2)17-8-7-16(10)13(9-14)12-3-5-15-6-4-12/h3-6,10-11,13H,7-9,14H2,1-2H3. The molecule has 0 aliphatic carbocycles. The van der Waals surface area contributed by atoms with Crippen molar-refractivity contribution in [1.82, 2.24) is 9.88 Å². The van der Waals surface area contributed by atoms with E-state index in [1.807, 2.05) is 12.4 Å². The molecule has 4 heteroatoms. The quantitative estimate of drug-likeness (QED) is 0.891. The molecule has 1 aromatic heterocycles. The third kappa shape index (κ3) is 2.81. The summed E-state index contributed by atoms with van der Waals surface area (Å²) in [5, 5.41) is 0.680. The van der Waals surface area contributed by atoms with Crippen LogP contribution in [0.25, 0.3) is 0 Å². The average molecular weight is 251 g/mol. The number of rotatable bonds is 3. The Balaban J connectivity index is 2.18. The smallest absolute Gasteiger partial charge is 0.0475 e. The molecule has 3 nitrogen and oxygen atoms in total. The van der Waals surface area contributed by atoms with Gasteiger partial charge in [-0.25, -0.2) is 0 Å². The van der Waals surface area contributed by atoms with Crippen LogP contribution in [0.15, 0.2) is 24.5 Å². The van der Waals surface area contributed by atoms with Gasteiger partial charge in [0.05, 0.1) is 0 Å². The highest BCUT2D eigenvalue weighted by molar-refractivity contribution is 8.00. The maximum atomic E-state index is 5.97. The first-order valence-corrected chi connectivity index (χ1v) is 7.26. The average Bonchev–Trinajstić information content (AvgIpc) is 2.37. The van der Waals surface area contributed by atoms with Crippen LogP contribution in [0.4, 0.5) is 0 Å². The van der Waals surface area contributed by atoms with E-state index >= 15 is 0 Å². The largest absolute Gasteiger partial charge is 0.329 e. The van der Waals surface area contributed by atoms with Crippen molar-refractivity contribution in [1.29, 1.82) is 0 Å². The molecule has 0 aromatic carbocycles. The van der Waals surface area contributed by atoms with E-state index in [0.717, 1.165) is 6.54 Å². The summed E-state index contributed by atoms with van der Waals surface area (Å²) in [6, 6.07) is 5.07. The molecule has 1 aliphatic heterocycles. The molecule has 1 saturated heterocycles. The second-order valence-corrected chi connectivity index (χ2v) is 6.07. The molecule has 3 unspecified atom stereocenters. The van der Waals surface area contributed by atoms with E-state index in [4.69, 9.17) is 5.73 Å². The number of pyridine rings is 1. The molecule has 0 amide bonds. The predicted octanol–water partition coefficient (Wildman–Crippen LogP) is 1.91. The lowest BCUT2D eigenvalue weighted by atomic mass is 10.0. The molecule has 2 N–H and O–H groups in total. The Morgan fingerprint density at radius 2 is 2.18 bits per heavy atom. The zero-order valence-electron chi connectivity index (χ0n) is 10.5. The minimum absolute atomic E-state index is 0.330. The van der Waals surface area contributed by atoms with Gasteiger partial charge >= 0.3 is 0 Å². The first-order valence-electron chi connectivity index (χ1n) is 6.21. The highest BCUT2D eigenvalue weighted by Crippen LogP contribution is 2.31. The van der Waals surface area contributed by atoms with E-state index in [1.54, 1.807) is 0 Å². The second kappa shape index (κ2) is 5.85. The van der Waals surface area contributed by atoms with Gasteiger partial charge in [-0.1, -0.05) is 6.92 Å². The lowest BCUT2D eigenvalue weighted by Crippen LogP contribution is -2.48. The number of nitrogens with zero attached hydrogens (tertiary/aromatic N) is 2. The molecule has 17 heavy (non-hydrogen) atoms. The molecule has 2 heterocycles. The number of thioether (sulfide) groups is 1. The minimum atomic E-state index is 0.330. The Hall–Kier alpha value is -0.580. The summed E-state index contributed by atoms with van der Waals surface area (Å²) in [7, 11) is 0. The maximum Gasteiger partial charge on any atom is 0.0475 e. The molecule has 2 rings (SSSR count). The summed E-state index contributed by atoms with van der Waals surface area (Å²) in [4.78, 5) is 6.62. The molecule has 0 saturated carbocycles. The van der Waals surface area contributed by atoms with Gasteiger partial charge in [-0.2, -0.15) is 11.8 Å². The third-order valence-corrected chi connectivity index (χ3v) is 4.99. The van der Waals surface area contributed by atoms with Crippen LogP contribution in [0.5, 0.6) is 0 Å². The molecular weight excluding hydrogens is 230 g/mol. The summed E-state index contributed by atoms with van der Waals surface area (Å²) in [5.41, 5.74) is 7.26. The van der Waals surface area contributed by atoms with Gasteiger partial charge in [0.1, 0.15) is 0 Å². The third-order valence-electron chi connectivity index (χ3n) is 3.65. The summed E-state index contributed by atoms with van der Waals surface area (Å²) in [6.07, 6.45) is 3.70. The van der Waals surface area contributed by atoms with E-state index in [0.29, 0.717) is 23.9 Å². The topological polar surface area (TPSA) is 42.1 Å². The van der Waals surface area contributed by atoms with Crippen LogP contribution >= 0.6 is 11.8 Å². The fourth-order valence-electron chi connectivity index (χ4n) is 2.44. The molecule has 0 bridgehead atoms. The Bertz CT molecular complexity index is 344. The SMILES string of the molecule is CC1SCCN(C(CN)c2ccncc2)C1C. The Labute approximate surface area is 108 Å². The van der Waals surface area contributed by atoms with Crippen molar-refractivity contribution in [3.63, 3.8) is 0 Å². The van der Waals surface area contributed by atoms with Gasteiger partial charge in [0.2, 0.25) is 0 Å². The zero-order chi connectivity index (χ0) is 12.3. The second-order valence-electron chi connectivity index (χ2n) is 4.59. The summed E-state index contributed by atoms with van der Waals surface area (Å²) in [6.45, 7) is 6.41. The Morgan fingerprint density at radius 1 is 1.47 bits per heavy atom. The summed E-state index contributed by atoms with van der Waals surface area (Å²) >= 11 is 2.06. The van der Waals surface area contributed by atoms with Crippen LogP contribution in [0, 0.1) is 0 Å². The van der Waals surface area contributed by atoms with Crippen LogP contribution in [-0.2, 0) is 0 Å². The van der Waals surface area contributed by atoms with Crippen LogP contribution in [0.2, 0.25) is 0 Å². The van der Waals surface area contributed by atoms with E-state index in [-0.39, 0.29) is 0 Å². The van der Waals surface area contributed by atoms with Crippen molar-refractivity contribution < 1.29 is 0 Å². The molecule has 3 atom stereocenters.